The van der Waals surface area contributed by atoms with E-state index in [1.165, 1.54) is 6.07 Å². The van der Waals surface area contributed by atoms with Gasteiger partial charge < -0.3 is 10.2 Å². The predicted molar refractivity (Wildman–Crippen MR) is 138 cm³/mol. The maximum absolute atomic E-state index is 14.7. The van der Waals surface area contributed by atoms with E-state index in [2.05, 4.69) is 11.4 Å². The summed E-state index contributed by atoms with van der Waals surface area (Å²) in [5.41, 5.74) is 4.35. The zero-order chi connectivity index (χ0) is 25.4. The molecule has 0 bridgehead atoms. The summed E-state index contributed by atoms with van der Waals surface area (Å²) in [6.07, 6.45) is 0.484. The number of amides is 2. The Kier molecular flexibility index (Phi) is 9.18. The van der Waals surface area contributed by atoms with E-state index >= 15 is 0 Å². The molecule has 0 aliphatic heterocycles. The van der Waals surface area contributed by atoms with Crippen LogP contribution in [0.2, 0.25) is 0 Å². The Bertz CT molecular complexity index is 1120. The summed E-state index contributed by atoms with van der Waals surface area (Å²) in [6.45, 7) is 8.56. The normalized spacial score (nSPS) is 11.8. The molecule has 0 radical (unpaired) electrons. The molecule has 0 aliphatic rings. The Morgan fingerprint density at radius 3 is 2.14 bits per heavy atom. The molecule has 184 valence electrons. The maximum atomic E-state index is 14.7. The zero-order valence-electron chi connectivity index (χ0n) is 21.1. The zero-order valence-corrected chi connectivity index (χ0v) is 21.1. The molecule has 0 heterocycles. The number of halogens is 1. The van der Waals surface area contributed by atoms with Gasteiger partial charge in [0, 0.05) is 25.1 Å². The summed E-state index contributed by atoms with van der Waals surface area (Å²) in [6, 6.07) is 21.3. The first kappa shape index (κ1) is 26.1. The molecule has 3 aromatic rings. The molecule has 0 aliphatic carbocycles. The van der Waals surface area contributed by atoms with Gasteiger partial charge in [0.15, 0.2) is 0 Å². The first-order valence-electron chi connectivity index (χ1n) is 12.1. The van der Waals surface area contributed by atoms with Gasteiger partial charge in [0.25, 0.3) is 0 Å². The molecule has 1 N–H and O–H groups in total. The Morgan fingerprint density at radius 1 is 0.886 bits per heavy atom. The van der Waals surface area contributed by atoms with Crippen molar-refractivity contribution in [2.45, 2.75) is 53.1 Å². The monoisotopic (exact) mass is 474 g/mol. The summed E-state index contributed by atoms with van der Waals surface area (Å²) in [7, 11) is 0. The highest BCUT2D eigenvalue weighted by Gasteiger charge is 2.31. The molecule has 3 aromatic carbocycles. The van der Waals surface area contributed by atoms with Crippen molar-refractivity contribution in [1.29, 1.82) is 0 Å². The van der Waals surface area contributed by atoms with Gasteiger partial charge in [-0.3, -0.25) is 9.59 Å². The maximum Gasteiger partial charge on any atom is 0.243 e. The quantitative estimate of drug-likeness (QED) is 0.428. The van der Waals surface area contributed by atoms with Gasteiger partial charge in [-0.25, -0.2) is 4.39 Å². The Morgan fingerprint density at radius 2 is 1.51 bits per heavy atom. The molecular weight excluding hydrogens is 439 g/mol. The average Bonchev–Trinajstić information content (AvgIpc) is 2.80. The standard InChI is InChI=1S/C30H35FN2O2/c1-21(2)19-32-30(35)28(17-24-10-6-5-7-11-24)33(20-26-12-8-9-13-27(26)31)29(34)18-25-15-22(3)14-23(4)16-25/h5-16,21,28H,17-20H2,1-4H3,(H,32,35)/t28-/m0/s1. The summed E-state index contributed by atoms with van der Waals surface area (Å²) in [4.78, 5) is 28.7. The Balaban J connectivity index is 1.98. The van der Waals surface area contributed by atoms with Gasteiger partial charge in [-0.05, 0) is 37.0 Å². The van der Waals surface area contributed by atoms with E-state index in [1.807, 2.05) is 70.2 Å². The van der Waals surface area contributed by atoms with Crippen LogP contribution in [0.1, 0.15) is 41.7 Å². The number of aryl methyl sites for hydroxylation is 2. The van der Waals surface area contributed by atoms with Gasteiger partial charge in [-0.1, -0.05) is 91.7 Å². The largest absolute Gasteiger partial charge is 0.354 e. The van der Waals surface area contributed by atoms with E-state index in [9.17, 15) is 14.0 Å². The second-order valence-corrected chi connectivity index (χ2v) is 9.63. The molecule has 0 fully saturated rings. The molecule has 5 heteroatoms. The van der Waals surface area contributed by atoms with Gasteiger partial charge in [0.05, 0.1) is 6.42 Å². The first-order valence-corrected chi connectivity index (χ1v) is 12.1. The molecule has 0 spiro atoms. The summed E-state index contributed by atoms with van der Waals surface area (Å²) in [5, 5.41) is 2.99. The third-order valence-corrected chi connectivity index (χ3v) is 5.89. The van der Waals surface area contributed by atoms with Crippen LogP contribution in [0.25, 0.3) is 0 Å². The lowest BCUT2D eigenvalue weighted by atomic mass is 10.00. The molecule has 35 heavy (non-hydrogen) atoms. The fraction of sp³-hybridized carbons (Fsp3) is 0.333. The van der Waals surface area contributed by atoms with Crippen molar-refractivity contribution in [3.63, 3.8) is 0 Å². The SMILES string of the molecule is Cc1cc(C)cc(CC(=O)N(Cc2ccccc2F)[C@@H](Cc2ccccc2)C(=O)NCC(C)C)c1. The van der Waals surface area contributed by atoms with E-state index in [-0.39, 0.29) is 30.7 Å². The van der Waals surface area contributed by atoms with Crippen molar-refractivity contribution in [2.24, 2.45) is 5.92 Å². The minimum absolute atomic E-state index is 0.0168. The van der Waals surface area contributed by atoms with E-state index in [0.717, 1.165) is 22.3 Å². The minimum Gasteiger partial charge on any atom is -0.354 e. The fourth-order valence-corrected chi connectivity index (χ4v) is 4.23. The highest BCUT2D eigenvalue weighted by molar-refractivity contribution is 5.88. The number of hydrogen-bond donors (Lipinski definition) is 1. The van der Waals surface area contributed by atoms with Crippen molar-refractivity contribution < 1.29 is 14.0 Å². The van der Waals surface area contributed by atoms with Crippen LogP contribution in [0, 0.1) is 25.6 Å². The lowest BCUT2D eigenvalue weighted by Gasteiger charge is -2.32. The predicted octanol–water partition coefficient (Wildman–Crippen LogP) is 5.40. The molecule has 2 amide bonds. The average molecular weight is 475 g/mol. The van der Waals surface area contributed by atoms with Crippen molar-refractivity contribution in [3.05, 3.63) is 106 Å². The minimum atomic E-state index is -0.769. The van der Waals surface area contributed by atoms with Crippen LogP contribution in [0.3, 0.4) is 0 Å². The van der Waals surface area contributed by atoms with Crippen LogP contribution in [0.15, 0.2) is 72.8 Å². The van der Waals surface area contributed by atoms with Gasteiger partial charge in [0.1, 0.15) is 11.9 Å². The summed E-state index contributed by atoms with van der Waals surface area (Å²) < 4.78 is 14.7. The van der Waals surface area contributed by atoms with Crippen molar-refractivity contribution in [1.82, 2.24) is 10.2 Å². The van der Waals surface area contributed by atoms with E-state index < -0.39 is 11.9 Å². The smallest absolute Gasteiger partial charge is 0.243 e. The van der Waals surface area contributed by atoms with Crippen molar-refractivity contribution in [3.8, 4) is 0 Å². The number of carbonyl (C=O) groups is 2. The summed E-state index contributed by atoms with van der Waals surface area (Å²) >= 11 is 0. The van der Waals surface area contributed by atoms with E-state index in [1.54, 1.807) is 23.1 Å². The van der Waals surface area contributed by atoms with Crippen LogP contribution in [-0.4, -0.2) is 29.3 Å². The molecule has 3 rings (SSSR count). The first-order chi connectivity index (χ1) is 16.7. The molecule has 1 atom stereocenters. The molecule has 4 nitrogen and oxygen atoms in total. The number of nitrogens with zero attached hydrogens (tertiary/aromatic N) is 1. The van der Waals surface area contributed by atoms with Gasteiger partial charge in [-0.2, -0.15) is 0 Å². The van der Waals surface area contributed by atoms with Crippen molar-refractivity contribution >= 4 is 11.8 Å². The van der Waals surface area contributed by atoms with Crippen LogP contribution < -0.4 is 5.32 Å². The van der Waals surface area contributed by atoms with Crippen LogP contribution >= 0.6 is 0 Å². The third kappa shape index (κ3) is 7.78. The number of rotatable bonds is 10. The number of benzene rings is 3. The number of hydrogen-bond acceptors (Lipinski definition) is 2. The Hall–Kier alpha value is -3.47. The van der Waals surface area contributed by atoms with E-state index in [4.69, 9.17) is 0 Å². The lowest BCUT2D eigenvalue weighted by Crippen LogP contribution is -2.51. The van der Waals surface area contributed by atoms with Gasteiger partial charge >= 0.3 is 0 Å². The second-order valence-electron chi connectivity index (χ2n) is 9.63. The Labute approximate surface area is 208 Å². The molecule has 0 saturated carbocycles. The molecule has 0 unspecified atom stereocenters. The second kappa shape index (κ2) is 12.3. The highest BCUT2D eigenvalue weighted by atomic mass is 19.1. The number of nitrogens with one attached hydrogen (secondary N) is 1. The van der Waals surface area contributed by atoms with Gasteiger partial charge in [0.2, 0.25) is 11.8 Å². The lowest BCUT2D eigenvalue weighted by molar-refractivity contribution is -0.140. The van der Waals surface area contributed by atoms with Crippen LogP contribution in [0.4, 0.5) is 4.39 Å². The molecule has 0 saturated heterocycles. The van der Waals surface area contributed by atoms with E-state index in [0.29, 0.717) is 18.5 Å². The molecular formula is C30H35FN2O2. The van der Waals surface area contributed by atoms with Crippen LogP contribution in [-0.2, 0) is 29.0 Å². The van der Waals surface area contributed by atoms with Crippen molar-refractivity contribution in [2.75, 3.05) is 6.54 Å². The highest BCUT2D eigenvalue weighted by Crippen LogP contribution is 2.19. The van der Waals surface area contributed by atoms with Crippen LogP contribution in [0.5, 0.6) is 0 Å². The summed E-state index contributed by atoms with van der Waals surface area (Å²) in [5.74, 6) is -0.563. The fourth-order valence-electron chi connectivity index (χ4n) is 4.23. The number of carbonyl (C=O) groups excluding carboxylic acids is 2. The third-order valence-electron chi connectivity index (χ3n) is 5.89. The topological polar surface area (TPSA) is 49.4 Å². The molecule has 0 aromatic heterocycles. The van der Waals surface area contributed by atoms with Gasteiger partial charge in [-0.15, -0.1) is 0 Å².